The summed E-state index contributed by atoms with van der Waals surface area (Å²) in [6, 6.07) is 42.0. The van der Waals surface area contributed by atoms with E-state index in [1.54, 1.807) is 0 Å². The van der Waals surface area contributed by atoms with Gasteiger partial charge in [0.2, 0.25) is 0 Å². The van der Waals surface area contributed by atoms with Crippen LogP contribution in [0.3, 0.4) is 0 Å². The molecule has 9 rings (SSSR count). The summed E-state index contributed by atoms with van der Waals surface area (Å²) in [6.07, 6.45) is 9.04. The average Bonchev–Trinajstić information content (AvgIpc) is 3.55. The third kappa shape index (κ3) is 3.12. The molecule has 43 heavy (non-hydrogen) atoms. The Morgan fingerprint density at radius 2 is 1.33 bits per heavy atom. The van der Waals surface area contributed by atoms with Crippen LogP contribution < -0.4 is 0 Å². The fourth-order valence-electron chi connectivity index (χ4n) is 8.55. The van der Waals surface area contributed by atoms with Crippen LogP contribution in [0.5, 0.6) is 0 Å². The van der Waals surface area contributed by atoms with Crippen LogP contribution >= 0.6 is 0 Å². The predicted octanol–water partition coefficient (Wildman–Crippen LogP) is 9.58. The molecule has 6 aromatic rings. The summed E-state index contributed by atoms with van der Waals surface area (Å²) in [4.78, 5) is 2.53. The number of rotatable bonds is 3. The van der Waals surface area contributed by atoms with Crippen LogP contribution in [0.15, 0.2) is 133 Å². The number of likely N-dealkylation sites (N-methyl/N-ethyl adjacent to an activating group) is 1. The van der Waals surface area contributed by atoms with Crippen molar-refractivity contribution in [1.82, 2.24) is 9.47 Å². The lowest BCUT2D eigenvalue weighted by molar-refractivity contribution is 0.188. The topological polar surface area (TPSA) is 8.17 Å². The number of para-hydroxylation sites is 2. The Bertz CT molecular complexity index is 2110. The van der Waals surface area contributed by atoms with Crippen LogP contribution in [0, 0.1) is 5.92 Å². The minimum Gasteiger partial charge on any atom is -0.309 e. The van der Waals surface area contributed by atoms with Crippen molar-refractivity contribution in [3.63, 3.8) is 0 Å². The summed E-state index contributed by atoms with van der Waals surface area (Å²) >= 11 is 0. The molecule has 5 aromatic carbocycles. The van der Waals surface area contributed by atoms with Crippen molar-refractivity contribution in [2.75, 3.05) is 7.05 Å². The van der Waals surface area contributed by atoms with E-state index < -0.39 is 0 Å². The molecule has 0 saturated carbocycles. The van der Waals surface area contributed by atoms with Crippen LogP contribution in [0.2, 0.25) is 0 Å². The van der Waals surface area contributed by atoms with E-state index in [4.69, 9.17) is 0 Å². The lowest BCUT2D eigenvalue weighted by atomic mass is 9.65. The molecule has 3 atom stereocenters. The van der Waals surface area contributed by atoms with Gasteiger partial charge >= 0.3 is 0 Å². The normalized spacial score (nSPS) is 19.6. The lowest BCUT2D eigenvalue weighted by Crippen LogP contribution is -2.37. The van der Waals surface area contributed by atoms with Crippen molar-refractivity contribution in [2.24, 2.45) is 5.92 Å². The van der Waals surface area contributed by atoms with Gasteiger partial charge in [-0.25, -0.2) is 0 Å². The van der Waals surface area contributed by atoms with Crippen molar-refractivity contribution in [1.29, 1.82) is 0 Å². The molecule has 0 saturated heterocycles. The number of hydrogen-bond acceptors (Lipinski definition) is 1. The maximum absolute atomic E-state index is 2.56. The quantitative estimate of drug-likeness (QED) is 0.211. The highest BCUT2D eigenvalue weighted by atomic mass is 15.2. The standard InChI is InChI=1S/C41H34N2/c1-26-13-4-10-21-37(26)42(3)27(2)28-23-24-35-39(25-28)43-38-22-11-7-16-31(38)32-17-12-20-36(40(32)43)41(35)33-18-8-5-14-29(33)30-15-6-9-19-34(30)41/h4-27,37H,1-3H3. The van der Waals surface area contributed by atoms with Gasteiger partial charge in [-0.15, -0.1) is 0 Å². The SMILES string of the molecule is CC1C=CC=CC1N(C)C(C)c1ccc2c(c1)-n1c3ccccc3c3cccc(c31)C21c2ccccc2-c2ccccc21. The van der Waals surface area contributed by atoms with E-state index in [-0.39, 0.29) is 11.5 Å². The van der Waals surface area contributed by atoms with Gasteiger partial charge < -0.3 is 4.57 Å². The second-order valence-electron chi connectivity index (χ2n) is 12.6. The molecule has 0 N–H and O–H groups in total. The van der Waals surface area contributed by atoms with E-state index in [2.05, 4.69) is 164 Å². The van der Waals surface area contributed by atoms with E-state index in [9.17, 15) is 0 Å². The smallest absolute Gasteiger partial charge is 0.0754 e. The molecule has 2 nitrogen and oxygen atoms in total. The second-order valence-corrected chi connectivity index (χ2v) is 12.6. The highest BCUT2D eigenvalue weighted by molar-refractivity contribution is 6.12. The Hall–Kier alpha value is -4.66. The monoisotopic (exact) mass is 554 g/mol. The van der Waals surface area contributed by atoms with Gasteiger partial charge in [0.25, 0.3) is 0 Å². The molecule has 2 heteroatoms. The molecular weight excluding hydrogens is 520 g/mol. The first-order valence-corrected chi connectivity index (χ1v) is 15.5. The van der Waals surface area contributed by atoms with Gasteiger partial charge in [0, 0.05) is 22.9 Å². The fourth-order valence-corrected chi connectivity index (χ4v) is 8.55. The van der Waals surface area contributed by atoms with E-state index in [1.165, 1.54) is 66.4 Å². The van der Waals surface area contributed by atoms with E-state index in [0.717, 1.165) is 0 Å². The third-order valence-corrected chi connectivity index (χ3v) is 10.7. The molecule has 0 radical (unpaired) electrons. The van der Waals surface area contributed by atoms with Crippen molar-refractivity contribution in [2.45, 2.75) is 31.3 Å². The Kier molecular flexibility index (Phi) is 5.17. The largest absolute Gasteiger partial charge is 0.309 e. The summed E-state index contributed by atoms with van der Waals surface area (Å²) in [7, 11) is 2.28. The molecule has 0 amide bonds. The zero-order valence-corrected chi connectivity index (χ0v) is 24.8. The summed E-state index contributed by atoms with van der Waals surface area (Å²) in [5.41, 5.74) is 13.0. The Morgan fingerprint density at radius 3 is 2.09 bits per heavy atom. The third-order valence-electron chi connectivity index (χ3n) is 10.7. The van der Waals surface area contributed by atoms with Gasteiger partial charge in [0.1, 0.15) is 0 Å². The lowest BCUT2D eigenvalue weighted by Gasteiger charge is -2.40. The molecular formula is C41H34N2. The van der Waals surface area contributed by atoms with Crippen molar-refractivity contribution < 1.29 is 0 Å². The summed E-state index contributed by atoms with van der Waals surface area (Å²) in [5.74, 6) is 0.477. The van der Waals surface area contributed by atoms with Gasteiger partial charge in [-0.2, -0.15) is 0 Å². The number of hydrogen-bond donors (Lipinski definition) is 0. The fraction of sp³-hybridized carbons (Fsp3) is 0.171. The zero-order valence-electron chi connectivity index (χ0n) is 24.8. The highest BCUT2D eigenvalue weighted by Crippen LogP contribution is 2.61. The molecule has 3 aliphatic rings. The Morgan fingerprint density at radius 1 is 0.674 bits per heavy atom. The molecule has 3 unspecified atom stereocenters. The number of allylic oxidation sites excluding steroid dienone is 2. The van der Waals surface area contributed by atoms with E-state index in [0.29, 0.717) is 12.0 Å². The van der Waals surface area contributed by atoms with Gasteiger partial charge in [-0.3, -0.25) is 4.90 Å². The van der Waals surface area contributed by atoms with Gasteiger partial charge in [-0.1, -0.05) is 128 Å². The average molecular weight is 555 g/mol. The predicted molar refractivity (Wildman–Crippen MR) is 179 cm³/mol. The van der Waals surface area contributed by atoms with Crippen LogP contribution in [-0.4, -0.2) is 22.6 Å². The zero-order chi connectivity index (χ0) is 28.9. The highest BCUT2D eigenvalue weighted by Gasteiger charge is 2.50. The van der Waals surface area contributed by atoms with Crippen molar-refractivity contribution >= 4 is 21.8 Å². The molecule has 1 spiro atoms. The molecule has 0 fully saturated rings. The van der Waals surface area contributed by atoms with Gasteiger partial charge in [-0.05, 0) is 71.0 Å². The summed E-state index contributed by atoms with van der Waals surface area (Å²) in [5, 5.41) is 2.63. The molecule has 2 heterocycles. The maximum Gasteiger partial charge on any atom is 0.0754 e. The maximum atomic E-state index is 2.56. The van der Waals surface area contributed by atoms with Gasteiger partial charge in [0.15, 0.2) is 0 Å². The van der Waals surface area contributed by atoms with Crippen LogP contribution in [0.4, 0.5) is 0 Å². The molecule has 1 aromatic heterocycles. The number of nitrogens with zero attached hydrogens (tertiary/aromatic N) is 2. The second kappa shape index (κ2) is 8.92. The molecule has 0 bridgehead atoms. The van der Waals surface area contributed by atoms with Crippen molar-refractivity contribution in [3.05, 3.63) is 161 Å². The first kappa shape index (κ1) is 24.9. The van der Waals surface area contributed by atoms with E-state index in [1.807, 2.05) is 0 Å². The van der Waals surface area contributed by atoms with Crippen LogP contribution in [0.1, 0.15) is 47.7 Å². The Balaban J connectivity index is 1.38. The first-order valence-electron chi connectivity index (χ1n) is 15.5. The number of benzene rings is 5. The molecule has 1 aliphatic heterocycles. The number of aromatic nitrogens is 1. The van der Waals surface area contributed by atoms with Gasteiger partial charge in [0.05, 0.1) is 22.1 Å². The van der Waals surface area contributed by atoms with E-state index >= 15 is 0 Å². The minimum atomic E-state index is -0.383. The van der Waals surface area contributed by atoms with Crippen LogP contribution in [-0.2, 0) is 5.41 Å². The first-order chi connectivity index (χ1) is 21.1. The number of fused-ring (bicyclic) bond motifs is 12. The summed E-state index contributed by atoms with van der Waals surface area (Å²) in [6.45, 7) is 4.68. The van der Waals surface area contributed by atoms with Crippen LogP contribution in [0.25, 0.3) is 38.6 Å². The molecule has 208 valence electrons. The minimum absolute atomic E-state index is 0.252. The summed E-state index contributed by atoms with van der Waals surface area (Å²) < 4.78 is 2.56. The Labute approximate surface area is 253 Å². The molecule has 2 aliphatic carbocycles. The van der Waals surface area contributed by atoms with Crippen molar-refractivity contribution in [3.8, 4) is 16.8 Å².